The van der Waals surface area contributed by atoms with Crippen LogP contribution in [0.5, 0.6) is 0 Å². The van der Waals surface area contributed by atoms with Crippen molar-refractivity contribution < 1.29 is 0 Å². The molecule has 0 radical (unpaired) electrons. The third-order valence-corrected chi connectivity index (χ3v) is 2.68. The molecule has 0 aliphatic carbocycles. The van der Waals surface area contributed by atoms with Gasteiger partial charge in [0, 0.05) is 6.20 Å². The average molecular weight is 235 g/mol. The van der Waals surface area contributed by atoms with E-state index in [4.69, 9.17) is 5.73 Å². The zero-order valence-corrected chi connectivity index (χ0v) is 9.86. The van der Waals surface area contributed by atoms with Gasteiger partial charge in [0.15, 0.2) is 0 Å². The van der Waals surface area contributed by atoms with Gasteiger partial charge in [-0.2, -0.15) is 4.98 Å². The predicted molar refractivity (Wildman–Crippen MR) is 67.7 cm³/mol. The topological polar surface area (TPSA) is 88.7 Å². The zero-order chi connectivity index (χ0) is 12.3. The van der Waals surface area contributed by atoms with Crippen molar-refractivity contribution >= 4 is 17.0 Å². The normalized spacial score (nSPS) is 11.1. The molecular formula is C11H17N5O. The third-order valence-electron chi connectivity index (χ3n) is 2.68. The summed E-state index contributed by atoms with van der Waals surface area (Å²) < 4.78 is 1.45. The molecule has 6 nitrogen and oxygen atoms in total. The number of unbranched alkanes of at least 4 members (excludes halogenated alkanes) is 1. The highest BCUT2D eigenvalue weighted by molar-refractivity contribution is 5.75. The van der Waals surface area contributed by atoms with Crippen molar-refractivity contribution in [2.45, 2.75) is 26.4 Å². The number of hydrogen-bond donors (Lipinski definition) is 3. The van der Waals surface area contributed by atoms with Crippen LogP contribution in [0.2, 0.25) is 0 Å². The summed E-state index contributed by atoms with van der Waals surface area (Å²) >= 11 is 0. The molecule has 0 aliphatic heterocycles. The molecule has 4 N–H and O–H groups in total. The second kappa shape index (κ2) is 5.01. The van der Waals surface area contributed by atoms with Crippen LogP contribution in [0.25, 0.3) is 11.0 Å². The van der Waals surface area contributed by atoms with E-state index in [9.17, 15) is 4.79 Å². The van der Waals surface area contributed by atoms with Gasteiger partial charge in [-0.25, -0.2) is 0 Å². The van der Waals surface area contributed by atoms with Crippen molar-refractivity contribution in [2.75, 3.05) is 12.3 Å². The molecular weight excluding hydrogens is 218 g/mol. The number of aromatic amines is 1. The van der Waals surface area contributed by atoms with E-state index in [2.05, 4.69) is 22.2 Å². The number of nitrogens with one attached hydrogen (secondary N) is 2. The highest BCUT2D eigenvalue weighted by Crippen LogP contribution is 2.06. The van der Waals surface area contributed by atoms with Crippen LogP contribution in [0.15, 0.2) is 17.1 Å². The minimum atomic E-state index is -0.113. The van der Waals surface area contributed by atoms with Crippen LogP contribution in [0, 0.1) is 0 Å². The van der Waals surface area contributed by atoms with E-state index in [1.165, 1.54) is 4.57 Å². The molecule has 0 aromatic carbocycles. The van der Waals surface area contributed by atoms with Crippen molar-refractivity contribution in [3.63, 3.8) is 0 Å². The maximum atomic E-state index is 12.1. The minimum absolute atomic E-state index is 0.113. The zero-order valence-electron chi connectivity index (χ0n) is 9.86. The van der Waals surface area contributed by atoms with E-state index >= 15 is 0 Å². The Labute approximate surface area is 98.8 Å². The van der Waals surface area contributed by atoms with Crippen molar-refractivity contribution in [2.24, 2.45) is 0 Å². The Balaban J connectivity index is 2.24. The fourth-order valence-corrected chi connectivity index (χ4v) is 1.70. The van der Waals surface area contributed by atoms with E-state index in [1.807, 2.05) is 0 Å². The van der Waals surface area contributed by atoms with Gasteiger partial charge < -0.3 is 10.7 Å². The first kappa shape index (κ1) is 11.7. The maximum absolute atomic E-state index is 12.1. The van der Waals surface area contributed by atoms with Gasteiger partial charge >= 0.3 is 0 Å². The largest absolute Gasteiger partial charge is 0.369 e. The quantitative estimate of drug-likeness (QED) is 0.664. The van der Waals surface area contributed by atoms with Crippen LogP contribution in [0.4, 0.5) is 5.95 Å². The molecule has 0 spiro atoms. The highest BCUT2D eigenvalue weighted by atomic mass is 16.1. The molecule has 0 saturated carbocycles. The Kier molecular flexibility index (Phi) is 3.43. The Bertz CT molecular complexity index is 556. The molecule has 2 heterocycles. The third kappa shape index (κ3) is 2.31. The standard InChI is InChI=1S/C11H17N5O/c1-2-3-5-13-7-16-10(17)8-4-6-14-9(8)15-11(16)12/h4,6,13-14H,2-3,5,7H2,1H3,(H2,12,15). The number of nitrogens with zero attached hydrogens (tertiary/aromatic N) is 2. The second-order valence-corrected chi connectivity index (χ2v) is 3.95. The maximum Gasteiger partial charge on any atom is 0.265 e. The highest BCUT2D eigenvalue weighted by Gasteiger charge is 2.08. The molecule has 0 atom stereocenters. The molecule has 0 fully saturated rings. The average Bonchev–Trinajstić information content (AvgIpc) is 2.76. The van der Waals surface area contributed by atoms with Crippen LogP contribution in [0.1, 0.15) is 19.8 Å². The number of nitrogen functional groups attached to an aromatic ring is 1. The molecule has 0 bridgehead atoms. The van der Waals surface area contributed by atoms with Gasteiger partial charge in [-0.05, 0) is 19.0 Å². The molecule has 0 aliphatic rings. The summed E-state index contributed by atoms with van der Waals surface area (Å²) in [5.41, 5.74) is 6.18. The molecule has 17 heavy (non-hydrogen) atoms. The van der Waals surface area contributed by atoms with Crippen molar-refractivity contribution in [1.29, 1.82) is 0 Å². The Morgan fingerprint density at radius 1 is 1.59 bits per heavy atom. The molecule has 2 rings (SSSR count). The number of nitrogens with two attached hydrogens (primary N) is 1. The number of hydrogen-bond acceptors (Lipinski definition) is 4. The van der Waals surface area contributed by atoms with Gasteiger partial charge in [0.25, 0.3) is 5.56 Å². The summed E-state index contributed by atoms with van der Waals surface area (Å²) in [5, 5.41) is 3.74. The Morgan fingerprint density at radius 2 is 2.41 bits per heavy atom. The molecule has 0 saturated heterocycles. The molecule has 2 aromatic rings. The van der Waals surface area contributed by atoms with Crippen LogP contribution >= 0.6 is 0 Å². The van der Waals surface area contributed by atoms with Crippen LogP contribution in [-0.4, -0.2) is 21.1 Å². The first-order chi connectivity index (χ1) is 8.24. The van der Waals surface area contributed by atoms with E-state index < -0.39 is 0 Å². The summed E-state index contributed by atoms with van der Waals surface area (Å²) in [7, 11) is 0. The number of fused-ring (bicyclic) bond motifs is 1. The lowest BCUT2D eigenvalue weighted by Crippen LogP contribution is -2.31. The van der Waals surface area contributed by atoms with Crippen LogP contribution in [-0.2, 0) is 6.67 Å². The predicted octanol–water partition coefficient (Wildman–Crippen LogP) is 0.654. The molecule has 0 unspecified atom stereocenters. The fourth-order valence-electron chi connectivity index (χ4n) is 1.70. The SMILES string of the molecule is CCCCNCn1c(N)nc2[nH]ccc2c1=O. The van der Waals surface area contributed by atoms with Gasteiger partial charge in [0.2, 0.25) is 5.95 Å². The summed E-state index contributed by atoms with van der Waals surface area (Å²) in [6.45, 7) is 3.39. The number of rotatable bonds is 5. The second-order valence-electron chi connectivity index (χ2n) is 3.95. The molecule has 92 valence electrons. The van der Waals surface area contributed by atoms with Crippen LogP contribution < -0.4 is 16.6 Å². The van der Waals surface area contributed by atoms with Gasteiger partial charge in [0.05, 0.1) is 12.1 Å². The van der Waals surface area contributed by atoms with E-state index in [0.717, 1.165) is 19.4 Å². The first-order valence-electron chi connectivity index (χ1n) is 5.78. The lowest BCUT2D eigenvalue weighted by atomic mass is 10.3. The Morgan fingerprint density at radius 3 is 3.18 bits per heavy atom. The number of aromatic nitrogens is 3. The fraction of sp³-hybridized carbons (Fsp3) is 0.455. The van der Waals surface area contributed by atoms with Crippen molar-refractivity contribution in [3.8, 4) is 0 Å². The summed E-state index contributed by atoms with van der Waals surface area (Å²) in [4.78, 5) is 19.1. The number of H-pyrrole nitrogens is 1. The van der Waals surface area contributed by atoms with E-state index in [0.29, 0.717) is 17.7 Å². The van der Waals surface area contributed by atoms with Gasteiger partial charge in [-0.15, -0.1) is 0 Å². The Hall–Kier alpha value is -1.82. The van der Waals surface area contributed by atoms with E-state index in [1.54, 1.807) is 12.3 Å². The van der Waals surface area contributed by atoms with Gasteiger partial charge in [-0.3, -0.25) is 14.7 Å². The lowest BCUT2D eigenvalue weighted by Gasteiger charge is -2.09. The van der Waals surface area contributed by atoms with Gasteiger partial charge in [-0.1, -0.05) is 13.3 Å². The first-order valence-corrected chi connectivity index (χ1v) is 5.78. The monoisotopic (exact) mass is 235 g/mol. The van der Waals surface area contributed by atoms with Crippen LogP contribution in [0.3, 0.4) is 0 Å². The summed E-state index contributed by atoms with van der Waals surface area (Å²) in [6, 6.07) is 1.71. The lowest BCUT2D eigenvalue weighted by molar-refractivity contribution is 0.533. The molecule has 2 aromatic heterocycles. The molecule has 0 amide bonds. The van der Waals surface area contributed by atoms with Crippen molar-refractivity contribution in [3.05, 3.63) is 22.6 Å². The number of anilines is 1. The minimum Gasteiger partial charge on any atom is -0.369 e. The smallest absolute Gasteiger partial charge is 0.265 e. The van der Waals surface area contributed by atoms with Crippen molar-refractivity contribution in [1.82, 2.24) is 19.9 Å². The summed E-state index contributed by atoms with van der Waals surface area (Å²) in [6.07, 6.45) is 3.88. The van der Waals surface area contributed by atoms with Gasteiger partial charge in [0.1, 0.15) is 5.65 Å². The summed E-state index contributed by atoms with van der Waals surface area (Å²) in [5.74, 6) is 0.231. The van der Waals surface area contributed by atoms with E-state index in [-0.39, 0.29) is 11.5 Å². The molecule has 6 heteroatoms.